The number of nitrogens with one attached hydrogen (secondary N) is 2. The molecule has 0 aliphatic carbocycles. The van der Waals surface area contributed by atoms with E-state index in [1.54, 1.807) is 0 Å². The van der Waals surface area contributed by atoms with Gasteiger partial charge in [0.25, 0.3) is 0 Å². The van der Waals surface area contributed by atoms with Crippen LogP contribution in [0.1, 0.15) is 24.7 Å². The fourth-order valence-electron chi connectivity index (χ4n) is 2.85. The van der Waals surface area contributed by atoms with Gasteiger partial charge < -0.3 is 10.6 Å². The SMILES string of the molecule is CCNC(=NCCCc1nnc2ccccn12)NCCc1cccc(Cl)c1.I. The molecule has 0 unspecified atom stereocenters. The summed E-state index contributed by atoms with van der Waals surface area (Å²) < 4.78 is 2.03. The van der Waals surface area contributed by atoms with Crippen LogP contribution in [0.4, 0.5) is 0 Å². The van der Waals surface area contributed by atoms with Crippen LogP contribution in [0.3, 0.4) is 0 Å². The van der Waals surface area contributed by atoms with Gasteiger partial charge in [0, 0.05) is 37.3 Å². The van der Waals surface area contributed by atoms with E-state index in [1.807, 2.05) is 47.0 Å². The number of nitrogens with zero attached hydrogens (tertiary/aromatic N) is 4. The number of hydrogen-bond acceptors (Lipinski definition) is 3. The summed E-state index contributed by atoms with van der Waals surface area (Å²) in [5, 5.41) is 15.9. The highest BCUT2D eigenvalue weighted by Gasteiger charge is 2.04. The Labute approximate surface area is 187 Å². The zero-order valence-electron chi connectivity index (χ0n) is 15.9. The maximum Gasteiger partial charge on any atom is 0.191 e. The lowest BCUT2D eigenvalue weighted by molar-refractivity contribution is 0.750. The molecule has 2 aromatic heterocycles. The van der Waals surface area contributed by atoms with Crippen molar-refractivity contribution in [1.29, 1.82) is 0 Å². The van der Waals surface area contributed by atoms with Crippen LogP contribution in [0.25, 0.3) is 5.65 Å². The number of hydrogen-bond donors (Lipinski definition) is 2. The molecular weight excluding hydrogens is 487 g/mol. The Morgan fingerprint density at radius 1 is 1.11 bits per heavy atom. The van der Waals surface area contributed by atoms with Gasteiger partial charge in [-0.3, -0.25) is 9.39 Å². The molecule has 0 fully saturated rings. The lowest BCUT2D eigenvalue weighted by Crippen LogP contribution is -2.38. The monoisotopic (exact) mass is 512 g/mol. The fourth-order valence-corrected chi connectivity index (χ4v) is 3.06. The number of halogens is 2. The van der Waals surface area contributed by atoms with Crippen LogP contribution < -0.4 is 10.6 Å². The van der Waals surface area contributed by atoms with Gasteiger partial charge in [-0.15, -0.1) is 34.2 Å². The zero-order valence-corrected chi connectivity index (χ0v) is 19.0. The van der Waals surface area contributed by atoms with E-state index in [2.05, 4.69) is 38.8 Å². The van der Waals surface area contributed by atoms with Crippen LogP contribution in [0, 0.1) is 0 Å². The van der Waals surface area contributed by atoms with Gasteiger partial charge in [0.1, 0.15) is 5.82 Å². The molecular formula is C20H26ClIN6. The summed E-state index contributed by atoms with van der Waals surface area (Å²) in [6.07, 6.45) is 4.66. The number of fused-ring (bicyclic) bond motifs is 1. The molecule has 0 spiro atoms. The molecule has 150 valence electrons. The summed E-state index contributed by atoms with van der Waals surface area (Å²) in [6.45, 7) is 4.43. The zero-order chi connectivity index (χ0) is 18.9. The highest BCUT2D eigenvalue weighted by atomic mass is 127. The lowest BCUT2D eigenvalue weighted by atomic mass is 10.1. The van der Waals surface area contributed by atoms with E-state index in [-0.39, 0.29) is 24.0 Å². The number of rotatable bonds is 8. The van der Waals surface area contributed by atoms with Crippen LogP contribution in [0.15, 0.2) is 53.7 Å². The van der Waals surface area contributed by atoms with E-state index in [9.17, 15) is 0 Å². The summed E-state index contributed by atoms with van der Waals surface area (Å²) >= 11 is 6.03. The Hall–Kier alpha value is -1.87. The van der Waals surface area contributed by atoms with Gasteiger partial charge in [-0.1, -0.05) is 29.8 Å². The smallest absolute Gasteiger partial charge is 0.191 e. The standard InChI is InChI=1S/C20H25ClN6.HI/c1-2-22-20(24-13-11-16-7-5-8-17(21)15-16)23-12-6-10-19-26-25-18-9-3-4-14-27(18)19;/h3-5,7-9,14-15H,2,6,10-13H2,1H3,(H2,22,23,24);1H. The molecule has 0 saturated carbocycles. The number of aliphatic imine (C=N–C) groups is 1. The van der Waals surface area contributed by atoms with Gasteiger partial charge >= 0.3 is 0 Å². The minimum atomic E-state index is 0. The molecule has 2 heterocycles. The minimum Gasteiger partial charge on any atom is -0.357 e. The Morgan fingerprint density at radius 2 is 2.00 bits per heavy atom. The van der Waals surface area contributed by atoms with Gasteiger partial charge in [0.15, 0.2) is 11.6 Å². The number of benzene rings is 1. The normalized spacial score (nSPS) is 11.3. The van der Waals surface area contributed by atoms with Gasteiger partial charge in [-0.25, -0.2) is 0 Å². The highest BCUT2D eigenvalue weighted by Crippen LogP contribution is 2.10. The Morgan fingerprint density at radius 3 is 2.82 bits per heavy atom. The number of aryl methyl sites for hydroxylation is 1. The molecule has 3 aromatic rings. The number of aromatic nitrogens is 3. The summed E-state index contributed by atoms with van der Waals surface area (Å²) in [5.41, 5.74) is 2.09. The van der Waals surface area contributed by atoms with E-state index in [0.29, 0.717) is 0 Å². The fraction of sp³-hybridized carbons (Fsp3) is 0.350. The Balaban J connectivity index is 0.00000280. The first-order chi connectivity index (χ1) is 13.3. The second-order valence-electron chi connectivity index (χ2n) is 6.22. The van der Waals surface area contributed by atoms with Gasteiger partial charge in [0.2, 0.25) is 0 Å². The quantitative estimate of drug-likeness (QED) is 0.209. The molecule has 6 nitrogen and oxygen atoms in total. The average Bonchev–Trinajstić information content (AvgIpc) is 3.08. The first-order valence-electron chi connectivity index (χ1n) is 9.31. The maximum absolute atomic E-state index is 6.03. The van der Waals surface area contributed by atoms with Crippen molar-refractivity contribution >= 4 is 47.2 Å². The van der Waals surface area contributed by atoms with Crippen molar-refractivity contribution in [3.63, 3.8) is 0 Å². The predicted molar refractivity (Wildman–Crippen MR) is 126 cm³/mol. The van der Waals surface area contributed by atoms with Crippen molar-refractivity contribution in [3.05, 3.63) is 65.1 Å². The molecule has 0 bridgehead atoms. The van der Waals surface area contributed by atoms with Crippen molar-refractivity contribution in [2.24, 2.45) is 4.99 Å². The summed E-state index contributed by atoms with van der Waals surface area (Å²) in [7, 11) is 0. The first kappa shape index (κ1) is 22.4. The number of guanidine groups is 1. The van der Waals surface area contributed by atoms with Crippen molar-refractivity contribution in [1.82, 2.24) is 25.2 Å². The van der Waals surface area contributed by atoms with Gasteiger partial charge in [-0.05, 0) is 49.6 Å². The molecule has 28 heavy (non-hydrogen) atoms. The van der Waals surface area contributed by atoms with E-state index < -0.39 is 0 Å². The molecule has 0 atom stereocenters. The predicted octanol–water partition coefficient (Wildman–Crippen LogP) is 3.73. The second kappa shape index (κ2) is 11.9. The summed E-state index contributed by atoms with van der Waals surface area (Å²) in [4.78, 5) is 4.65. The van der Waals surface area contributed by atoms with Crippen LogP contribution in [0.2, 0.25) is 5.02 Å². The lowest BCUT2D eigenvalue weighted by Gasteiger charge is -2.11. The molecule has 0 saturated heterocycles. The second-order valence-corrected chi connectivity index (χ2v) is 6.65. The molecule has 3 rings (SSSR count). The van der Waals surface area contributed by atoms with Crippen molar-refractivity contribution in [2.75, 3.05) is 19.6 Å². The topological polar surface area (TPSA) is 66.6 Å². The highest BCUT2D eigenvalue weighted by molar-refractivity contribution is 14.0. The average molecular weight is 513 g/mol. The summed E-state index contributed by atoms with van der Waals surface area (Å²) in [6, 6.07) is 13.9. The van der Waals surface area contributed by atoms with Crippen LogP contribution >= 0.6 is 35.6 Å². The molecule has 1 aromatic carbocycles. The minimum absolute atomic E-state index is 0. The molecule has 0 radical (unpaired) electrons. The first-order valence-corrected chi connectivity index (χ1v) is 9.69. The van der Waals surface area contributed by atoms with Crippen molar-refractivity contribution < 1.29 is 0 Å². The Kier molecular flexibility index (Phi) is 9.49. The van der Waals surface area contributed by atoms with E-state index >= 15 is 0 Å². The third-order valence-electron chi connectivity index (χ3n) is 4.15. The van der Waals surface area contributed by atoms with E-state index in [0.717, 1.165) is 61.4 Å². The Bertz CT molecular complexity index is 895. The maximum atomic E-state index is 6.03. The van der Waals surface area contributed by atoms with Crippen LogP contribution in [-0.2, 0) is 12.8 Å². The van der Waals surface area contributed by atoms with Crippen LogP contribution in [-0.4, -0.2) is 40.2 Å². The molecule has 0 amide bonds. The van der Waals surface area contributed by atoms with Gasteiger partial charge in [0.05, 0.1) is 0 Å². The number of pyridine rings is 1. The third kappa shape index (κ3) is 6.63. The van der Waals surface area contributed by atoms with E-state index in [1.165, 1.54) is 5.56 Å². The van der Waals surface area contributed by atoms with Gasteiger partial charge in [-0.2, -0.15) is 0 Å². The molecule has 0 aliphatic heterocycles. The summed E-state index contributed by atoms with van der Waals surface area (Å²) in [5.74, 6) is 1.81. The van der Waals surface area contributed by atoms with E-state index in [4.69, 9.17) is 11.6 Å². The van der Waals surface area contributed by atoms with Crippen molar-refractivity contribution in [2.45, 2.75) is 26.2 Å². The molecule has 8 heteroatoms. The third-order valence-corrected chi connectivity index (χ3v) is 4.39. The van der Waals surface area contributed by atoms with Crippen LogP contribution in [0.5, 0.6) is 0 Å². The van der Waals surface area contributed by atoms with Crippen molar-refractivity contribution in [3.8, 4) is 0 Å². The molecule has 2 N–H and O–H groups in total. The molecule has 0 aliphatic rings. The largest absolute Gasteiger partial charge is 0.357 e.